The third-order valence-electron chi connectivity index (χ3n) is 3.15. The number of rotatable bonds is 2. The lowest BCUT2D eigenvalue weighted by Gasteiger charge is -2.04. The summed E-state index contributed by atoms with van der Waals surface area (Å²) in [6.45, 7) is 1.71. The second-order valence-electron chi connectivity index (χ2n) is 4.36. The lowest BCUT2D eigenvalue weighted by molar-refractivity contribution is 0.0695. The first-order valence-corrected chi connectivity index (χ1v) is 6.28. The first kappa shape index (κ1) is 12.6. The molecule has 100 valence electrons. The van der Waals surface area contributed by atoms with Crippen molar-refractivity contribution in [3.63, 3.8) is 0 Å². The molecule has 0 bridgehead atoms. The van der Waals surface area contributed by atoms with Crippen molar-refractivity contribution in [1.29, 1.82) is 0 Å². The number of aromatic carboxylic acids is 1. The molecule has 6 heteroatoms. The van der Waals surface area contributed by atoms with Gasteiger partial charge in [0.1, 0.15) is 0 Å². The lowest BCUT2D eigenvalue weighted by Crippen LogP contribution is -2.06. The summed E-state index contributed by atoms with van der Waals surface area (Å²) >= 11 is 5.87. The van der Waals surface area contributed by atoms with E-state index in [0.29, 0.717) is 16.4 Å². The molecule has 20 heavy (non-hydrogen) atoms. The topological polar surface area (TPSA) is 67.5 Å². The van der Waals surface area contributed by atoms with E-state index in [1.165, 1.54) is 10.7 Å². The van der Waals surface area contributed by atoms with E-state index in [-0.39, 0.29) is 5.56 Å². The van der Waals surface area contributed by atoms with Crippen LogP contribution in [-0.2, 0) is 0 Å². The molecule has 1 N–H and O–H groups in total. The van der Waals surface area contributed by atoms with Crippen LogP contribution in [0.1, 0.15) is 16.1 Å². The number of halogens is 1. The molecule has 1 aromatic carbocycles. The Morgan fingerprint density at radius 3 is 2.60 bits per heavy atom. The predicted octanol–water partition coefficient (Wildman–Crippen LogP) is 3.06. The standard InChI is InChI=1S/C14H10ClN3O2/c1-8-11(14(19)20)6-16-13-12(7-17-18(8)13)9-2-4-10(15)5-3-9/h2-7H,1H3,(H,19,20). The smallest absolute Gasteiger partial charge is 0.339 e. The number of aryl methyl sites for hydroxylation is 1. The Kier molecular flexibility index (Phi) is 2.91. The molecule has 0 aliphatic heterocycles. The largest absolute Gasteiger partial charge is 0.478 e. The summed E-state index contributed by atoms with van der Waals surface area (Å²) in [4.78, 5) is 15.3. The number of aromatic nitrogens is 3. The Morgan fingerprint density at radius 1 is 1.25 bits per heavy atom. The van der Waals surface area contributed by atoms with Crippen LogP contribution in [0, 0.1) is 6.92 Å². The number of carbonyl (C=O) groups is 1. The molecule has 3 rings (SSSR count). The molecule has 0 saturated heterocycles. The highest BCUT2D eigenvalue weighted by Crippen LogP contribution is 2.25. The van der Waals surface area contributed by atoms with Crippen LogP contribution in [0.15, 0.2) is 36.7 Å². The average molecular weight is 288 g/mol. The molecule has 0 amide bonds. The van der Waals surface area contributed by atoms with Gasteiger partial charge < -0.3 is 5.11 Å². The molecule has 0 atom stereocenters. The molecular weight excluding hydrogens is 278 g/mol. The zero-order valence-corrected chi connectivity index (χ0v) is 11.3. The maximum Gasteiger partial charge on any atom is 0.339 e. The van der Waals surface area contributed by atoms with Gasteiger partial charge >= 0.3 is 5.97 Å². The Balaban J connectivity index is 2.22. The van der Waals surface area contributed by atoms with Crippen molar-refractivity contribution >= 4 is 23.2 Å². The second kappa shape index (κ2) is 4.61. The second-order valence-corrected chi connectivity index (χ2v) is 4.80. The van der Waals surface area contributed by atoms with Crippen LogP contribution >= 0.6 is 11.6 Å². The maximum atomic E-state index is 11.1. The van der Waals surface area contributed by atoms with Gasteiger partial charge in [0.05, 0.1) is 17.5 Å². The van der Waals surface area contributed by atoms with Gasteiger partial charge in [0.2, 0.25) is 0 Å². The van der Waals surface area contributed by atoms with Gasteiger partial charge in [-0.15, -0.1) is 0 Å². The van der Waals surface area contributed by atoms with E-state index < -0.39 is 5.97 Å². The first-order valence-electron chi connectivity index (χ1n) is 5.90. The molecule has 0 saturated carbocycles. The van der Waals surface area contributed by atoms with E-state index in [2.05, 4.69) is 10.1 Å². The average Bonchev–Trinajstić information content (AvgIpc) is 2.84. The fraction of sp³-hybridized carbons (Fsp3) is 0.0714. The van der Waals surface area contributed by atoms with Gasteiger partial charge in [0.15, 0.2) is 5.65 Å². The molecule has 0 unspecified atom stereocenters. The fourth-order valence-electron chi connectivity index (χ4n) is 2.09. The Morgan fingerprint density at radius 2 is 1.95 bits per heavy atom. The van der Waals surface area contributed by atoms with Gasteiger partial charge in [0.25, 0.3) is 0 Å². The summed E-state index contributed by atoms with van der Waals surface area (Å²) in [5.41, 5.74) is 3.07. The SMILES string of the molecule is Cc1c(C(=O)O)cnc2c(-c3ccc(Cl)cc3)cnn12. The van der Waals surface area contributed by atoms with Gasteiger partial charge in [-0.05, 0) is 24.6 Å². The van der Waals surface area contributed by atoms with E-state index in [1.807, 2.05) is 12.1 Å². The van der Waals surface area contributed by atoms with Gasteiger partial charge in [-0.25, -0.2) is 14.3 Å². The summed E-state index contributed by atoms with van der Waals surface area (Å²) in [7, 11) is 0. The van der Waals surface area contributed by atoms with Crippen LogP contribution in [0.3, 0.4) is 0 Å². The Hall–Kier alpha value is -2.40. The molecule has 5 nitrogen and oxygen atoms in total. The molecule has 3 aromatic rings. The summed E-state index contributed by atoms with van der Waals surface area (Å²) < 4.78 is 1.54. The highest BCUT2D eigenvalue weighted by molar-refractivity contribution is 6.30. The van der Waals surface area contributed by atoms with Gasteiger partial charge in [0, 0.05) is 16.8 Å². The zero-order valence-electron chi connectivity index (χ0n) is 10.5. The zero-order chi connectivity index (χ0) is 14.3. The van der Waals surface area contributed by atoms with Crippen molar-refractivity contribution in [1.82, 2.24) is 14.6 Å². The summed E-state index contributed by atoms with van der Waals surface area (Å²) in [6, 6.07) is 7.33. The minimum atomic E-state index is -1.01. The Labute approximate surface area is 119 Å². The molecule has 0 aliphatic rings. The molecule has 2 heterocycles. The van der Waals surface area contributed by atoms with Crippen LogP contribution < -0.4 is 0 Å². The predicted molar refractivity (Wildman–Crippen MR) is 75.1 cm³/mol. The van der Waals surface area contributed by atoms with E-state index >= 15 is 0 Å². The van der Waals surface area contributed by atoms with Crippen LogP contribution in [0.25, 0.3) is 16.8 Å². The van der Waals surface area contributed by atoms with Gasteiger partial charge in [-0.3, -0.25) is 0 Å². The number of carboxylic acids is 1. The molecule has 0 radical (unpaired) electrons. The highest BCUT2D eigenvalue weighted by atomic mass is 35.5. The van der Waals surface area contributed by atoms with Crippen molar-refractivity contribution in [2.24, 2.45) is 0 Å². The first-order chi connectivity index (χ1) is 9.58. The van der Waals surface area contributed by atoms with Crippen LogP contribution in [0.5, 0.6) is 0 Å². The number of hydrogen-bond donors (Lipinski definition) is 1. The summed E-state index contributed by atoms with van der Waals surface area (Å²) in [5, 5.41) is 14.0. The third kappa shape index (κ3) is 1.92. The van der Waals surface area contributed by atoms with E-state index in [9.17, 15) is 4.79 Å². The van der Waals surface area contributed by atoms with Crippen molar-refractivity contribution in [2.45, 2.75) is 6.92 Å². The minimum absolute atomic E-state index is 0.142. The van der Waals surface area contributed by atoms with Crippen molar-refractivity contribution in [3.05, 3.63) is 52.9 Å². The molecule has 0 fully saturated rings. The van der Waals surface area contributed by atoms with E-state index in [1.54, 1.807) is 25.3 Å². The van der Waals surface area contributed by atoms with Crippen LogP contribution in [0.2, 0.25) is 5.02 Å². The molecular formula is C14H10ClN3O2. The maximum absolute atomic E-state index is 11.1. The van der Waals surface area contributed by atoms with Crippen molar-refractivity contribution in [3.8, 4) is 11.1 Å². The molecule has 2 aromatic heterocycles. The van der Waals surface area contributed by atoms with Gasteiger partial charge in [-0.2, -0.15) is 5.10 Å². The van der Waals surface area contributed by atoms with E-state index in [4.69, 9.17) is 16.7 Å². The van der Waals surface area contributed by atoms with Crippen LogP contribution in [-0.4, -0.2) is 25.7 Å². The van der Waals surface area contributed by atoms with Crippen molar-refractivity contribution < 1.29 is 9.90 Å². The quantitative estimate of drug-likeness (QED) is 0.786. The highest BCUT2D eigenvalue weighted by Gasteiger charge is 2.15. The minimum Gasteiger partial charge on any atom is -0.478 e. The van der Waals surface area contributed by atoms with Crippen LogP contribution in [0.4, 0.5) is 0 Å². The fourth-order valence-corrected chi connectivity index (χ4v) is 2.21. The van der Waals surface area contributed by atoms with Gasteiger partial charge in [-0.1, -0.05) is 23.7 Å². The number of benzene rings is 1. The summed E-state index contributed by atoms with van der Waals surface area (Å²) in [5.74, 6) is -1.01. The number of nitrogens with zero attached hydrogens (tertiary/aromatic N) is 3. The van der Waals surface area contributed by atoms with E-state index in [0.717, 1.165) is 11.1 Å². The molecule has 0 spiro atoms. The Bertz CT molecular complexity index is 809. The number of fused-ring (bicyclic) bond motifs is 1. The third-order valence-corrected chi connectivity index (χ3v) is 3.40. The normalized spacial score (nSPS) is 10.9. The summed E-state index contributed by atoms with van der Waals surface area (Å²) in [6.07, 6.45) is 3.03. The lowest BCUT2D eigenvalue weighted by atomic mass is 10.1. The van der Waals surface area contributed by atoms with Crippen molar-refractivity contribution in [2.75, 3.05) is 0 Å². The molecule has 0 aliphatic carbocycles. The number of carboxylic acid groups (broad SMARTS) is 1. The number of hydrogen-bond acceptors (Lipinski definition) is 3. The monoisotopic (exact) mass is 287 g/mol.